The number of carbonyl (C=O) groups is 3. The normalized spacial score (nSPS) is 15.6. The van der Waals surface area contributed by atoms with Gasteiger partial charge < -0.3 is 28.3 Å². The van der Waals surface area contributed by atoms with Crippen molar-refractivity contribution in [2.24, 2.45) is 16.2 Å². The van der Waals surface area contributed by atoms with E-state index in [0.717, 1.165) is 90.3 Å². The fraction of sp³-hybridized carbons (Fsp3) is 0.411. The van der Waals surface area contributed by atoms with Gasteiger partial charge in [0.05, 0.1) is 34.0 Å². The molecule has 15 nitrogen and oxygen atoms in total. The Morgan fingerprint density at radius 3 is 1.29 bits per heavy atom. The van der Waals surface area contributed by atoms with E-state index in [1.807, 2.05) is 99.0 Å². The van der Waals surface area contributed by atoms with Crippen LogP contribution in [0.1, 0.15) is 148 Å². The highest BCUT2D eigenvalue weighted by molar-refractivity contribution is 7.90. The summed E-state index contributed by atoms with van der Waals surface area (Å²) in [6, 6.07) is 38.4. The molecule has 476 valence electrons. The van der Waals surface area contributed by atoms with E-state index in [4.69, 9.17) is 9.47 Å². The van der Waals surface area contributed by atoms with Crippen LogP contribution in [-0.2, 0) is 115 Å². The molecular weight excluding hydrogens is 1170 g/mol. The number of carbonyl (C=O) groups excluding carboxylic acids is 2. The molecule has 3 aliphatic carbocycles. The Balaban J connectivity index is 0.000000157. The van der Waals surface area contributed by atoms with Crippen LogP contribution in [0.2, 0.25) is 0 Å². The Labute approximate surface area is 530 Å². The van der Waals surface area contributed by atoms with Gasteiger partial charge in [0.25, 0.3) is 20.0 Å². The van der Waals surface area contributed by atoms with Gasteiger partial charge in [0.1, 0.15) is 19.6 Å². The summed E-state index contributed by atoms with van der Waals surface area (Å²) in [6.45, 7) is 24.6. The molecule has 5 heterocycles. The average molecular weight is 1260 g/mol. The Morgan fingerprint density at radius 2 is 0.867 bits per heavy atom. The van der Waals surface area contributed by atoms with Crippen molar-refractivity contribution in [1.29, 1.82) is 0 Å². The van der Waals surface area contributed by atoms with Gasteiger partial charge in [-0.1, -0.05) is 114 Å². The van der Waals surface area contributed by atoms with Crippen LogP contribution in [0.5, 0.6) is 0 Å². The predicted molar refractivity (Wildman–Crippen MR) is 353 cm³/mol. The minimum absolute atomic E-state index is 0.0834. The number of carboxylic acids is 1. The number of carboxylic acid groups (broad SMARTS) is 1. The fourth-order valence-electron chi connectivity index (χ4n) is 14.1. The molecule has 1 N–H and O–H groups in total. The Hall–Kier alpha value is -7.89. The summed E-state index contributed by atoms with van der Waals surface area (Å²) >= 11 is 0. The molecule has 17 heteroatoms. The van der Waals surface area contributed by atoms with Crippen LogP contribution in [0.15, 0.2) is 137 Å². The van der Waals surface area contributed by atoms with Crippen LogP contribution in [-0.4, -0.2) is 74.7 Å². The molecule has 0 spiro atoms. The zero-order valence-electron chi connectivity index (χ0n) is 54.1. The third-order valence-corrected chi connectivity index (χ3v) is 22.2. The maximum atomic E-state index is 13.9. The van der Waals surface area contributed by atoms with Gasteiger partial charge in [-0.2, -0.15) is 0 Å². The summed E-state index contributed by atoms with van der Waals surface area (Å²) in [5.74, 6) is -1.26. The number of fused-ring (bicyclic) bond motifs is 5. The SMILES string of the molecule is CCOC(=O)Cn1c(C)c(Cc2cc3ccccc3n2S(=O)(=O)c2ccccc2)c2c1CCC(C)(C)C2.CCOC(=O)Cn1c(C)cc2c1CCC(C)(C)C2.Cc1c(Cc2cc3ccccc3n2S(=O)(=O)c2ccccc2)c2c(n1CC(=O)O)CCC(C)(C)C2. The van der Waals surface area contributed by atoms with Crippen molar-refractivity contribution in [3.05, 3.63) is 201 Å². The maximum absolute atomic E-state index is 13.9. The second-order valence-electron chi connectivity index (χ2n) is 26.9. The summed E-state index contributed by atoms with van der Waals surface area (Å²) < 4.78 is 74.9. The van der Waals surface area contributed by atoms with Gasteiger partial charge in [0, 0.05) is 69.2 Å². The first kappa shape index (κ1) is 65.1. The average Bonchev–Trinajstić information content (AvgIpc) is 1.59. The third-order valence-electron chi connectivity index (χ3n) is 18.6. The van der Waals surface area contributed by atoms with E-state index in [1.165, 1.54) is 48.1 Å². The number of aliphatic carboxylic acids is 1. The van der Waals surface area contributed by atoms with E-state index in [-0.39, 0.29) is 45.6 Å². The van der Waals surface area contributed by atoms with Crippen molar-refractivity contribution in [3.8, 4) is 0 Å². The molecule has 5 aromatic heterocycles. The van der Waals surface area contributed by atoms with Gasteiger partial charge in [-0.25, -0.2) is 24.8 Å². The maximum Gasteiger partial charge on any atom is 0.325 e. The quantitative estimate of drug-likeness (QED) is 0.0914. The van der Waals surface area contributed by atoms with Crippen LogP contribution in [0.25, 0.3) is 21.8 Å². The minimum atomic E-state index is -3.83. The molecule has 12 rings (SSSR count). The first-order valence-corrected chi connectivity index (χ1v) is 34.4. The van der Waals surface area contributed by atoms with Crippen LogP contribution >= 0.6 is 0 Å². The molecule has 9 aromatic rings. The summed E-state index contributed by atoms with van der Waals surface area (Å²) in [6.07, 6.45) is 9.70. The molecule has 0 bridgehead atoms. The lowest BCUT2D eigenvalue weighted by molar-refractivity contribution is -0.144. The van der Waals surface area contributed by atoms with Crippen molar-refractivity contribution >= 4 is 59.8 Å². The molecule has 0 aliphatic heterocycles. The van der Waals surface area contributed by atoms with E-state index < -0.39 is 26.0 Å². The first-order valence-electron chi connectivity index (χ1n) is 31.5. The molecule has 0 amide bonds. The zero-order valence-corrected chi connectivity index (χ0v) is 55.7. The Kier molecular flexibility index (Phi) is 18.6. The van der Waals surface area contributed by atoms with Crippen LogP contribution in [0.4, 0.5) is 0 Å². The number of aromatic nitrogens is 5. The lowest BCUT2D eigenvalue weighted by Gasteiger charge is -2.31. The van der Waals surface area contributed by atoms with E-state index in [2.05, 4.69) is 63.7 Å². The summed E-state index contributed by atoms with van der Waals surface area (Å²) in [5, 5.41) is 11.3. The van der Waals surface area contributed by atoms with E-state index in [1.54, 1.807) is 54.6 Å². The number of hydrogen-bond acceptors (Lipinski definition) is 9. The number of para-hydroxylation sites is 2. The van der Waals surface area contributed by atoms with Gasteiger partial charge in [-0.3, -0.25) is 14.4 Å². The van der Waals surface area contributed by atoms with Crippen LogP contribution < -0.4 is 0 Å². The molecule has 90 heavy (non-hydrogen) atoms. The number of ether oxygens (including phenoxy) is 2. The smallest absolute Gasteiger partial charge is 0.325 e. The predicted octanol–water partition coefficient (Wildman–Crippen LogP) is 13.7. The summed E-state index contributed by atoms with van der Waals surface area (Å²) in [7, 11) is -7.64. The van der Waals surface area contributed by atoms with Crippen molar-refractivity contribution in [2.45, 2.75) is 176 Å². The van der Waals surface area contributed by atoms with Crippen molar-refractivity contribution in [3.63, 3.8) is 0 Å². The Bertz CT molecular complexity index is 4400. The van der Waals surface area contributed by atoms with Gasteiger partial charge in [-0.15, -0.1) is 0 Å². The zero-order chi connectivity index (χ0) is 64.7. The fourth-order valence-corrected chi connectivity index (χ4v) is 17.2. The molecular formula is C73H87N5O10S2. The molecule has 0 saturated heterocycles. The van der Waals surface area contributed by atoms with Gasteiger partial charge >= 0.3 is 17.9 Å². The van der Waals surface area contributed by atoms with Gasteiger partial charge in [-0.05, 0) is 191 Å². The van der Waals surface area contributed by atoms with Crippen LogP contribution in [0.3, 0.4) is 0 Å². The Morgan fingerprint density at radius 1 is 0.489 bits per heavy atom. The van der Waals surface area contributed by atoms with E-state index >= 15 is 0 Å². The van der Waals surface area contributed by atoms with E-state index in [0.29, 0.717) is 60.4 Å². The largest absolute Gasteiger partial charge is 0.480 e. The first-order chi connectivity index (χ1) is 42.6. The second kappa shape index (κ2) is 25.8. The topological polar surface area (TPSA) is 183 Å². The molecule has 4 aromatic carbocycles. The van der Waals surface area contributed by atoms with Gasteiger partial charge in [0.15, 0.2) is 0 Å². The van der Waals surface area contributed by atoms with Crippen molar-refractivity contribution in [1.82, 2.24) is 21.6 Å². The summed E-state index contributed by atoms with van der Waals surface area (Å²) in [5.41, 5.74) is 16.0. The molecule has 0 fully saturated rings. The van der Waals surface area contributed by atoms with Crippen molar-refractivity contribution < 1.29 is 45.8 Å². The molecule has 0 radical (unpaired) electrons. The standard InChI is InChI=1S/C30H34N2O4S.C28H30N2O4S.C15H23NO2/c1-5-36-29(33)20-31-21(2)25(26-19-30(3,4)16-15-28(26)31)18-23-17-22-11-9-10-14-27(22)32(23)37(34,35)24-12-7-6-8-13-24;1-19-23(24-17-28(2,3)14-13-26(24)29(19)18-27(31)32)16-21-15-20-9-7-8-12-25(20)30(21)35(33,34)22-10-5-4-6-11-22;1-5-18-14(17)10-16-11(2)8-12-9-15(3,4)7-6-13(12)16/h6-14,17H,5,15-16,18-20H2,1-4H3;4-12,15H,13-14,16-18H2,1-3H3,(H,31,32);8H,5-7,9-10H2,1-4H3. The minimum Gasteiger partial charge on any atom is -0.480 e. The summed E-state index contributed by atoms with van der Waals surface area (Å²) in [4.78, 5) is 36.3. The monoisotopic (exact) mass is 1260 g/mol. The number of nitrogens with zero attached hydrogens (tertiary/aromatic N) is 5. The number of benzene rings is 4. The molecule has 0 saturated carbocycles. The highest BCUT2D eigenvalue weighted by Gasteiger charge is 2.36. The highest BCUT2D eigenvalue weighted by Crippen LogP contribution is 2.43. The molecule has 0 unspecified atom stereocenters. The van der Waals surface area contributed by atoms with Crippen LogP contribution in [0, 0.1) is 37.0 Å². The number of hydrogen-bond donors (Lipinski definition) is 1. The molecule has 3 aliphatic rings. The highest BCUT2D eigenvalue weighted by atomic mass is 32.2. The molecule has 0 atom stereocenters. The number of esters is 2. The lowest BCUT2D eigenvalue weighted by Crippen LogP contribution is -2.25. The van der Waals surface area contributed by atoms with Crippen molar-refractivity contribution in [2.75, 3.05) is 13.2 Å². The van der Waals surface area contributed by atoms with Gasteiger partial charge in [0.2, 0.25) is 0 Å². The number of aryl methyl sites for hydroxylation is 1. The second-order valence-corrected chi connectivity index (χ2v) is 30.5. The number of rotatable bonds is 16. The third kappa shape index (κ3) is 13.4. The lowest BCUT2D eigenvalue weighted by atomic mass is 9.75. The van der Waals surface area contributed by atoms with E-state index in [9.17, 15) is 36.3 Å².